The van der Waals surface area contributed by atoms with Crippen LogP contribution in [-0.4, -0.2) is 37.2 Å². The summed E-state index contributed by atoms with van der Waals surface area (Å²) in [5, 5.41) is 2.84. The Kier molecular flexibility index (Phi) is 7.08. The molecular formula is C19H24N2O5. The maximum atomic E-state index is 12.8. The van der Waals surface area contributed by atoms with E-state index in [-0.39, 0.29) is 31.5 Å². The van der Waals surface area contributed by atoms with Gasteiger partial charge in [0.05, 0.1) is 38.6 Å². The number of nitrogens with zero attached hydrogens (tertiary/aromatic N) is 1. The zero-order chi connectivity index (χ0) is 18.9. The average Bonchev–Trinajstić information content (AvgIpc) is 3.12. The summed E-state index contributed by atoms with van der Waals surface area (Å²) in [6, 6.07) is 8.69. The van der Waals surface area contributed by atoms with Gasteiger partial charge in [0.1, 0.15) is 11.5 Å². The average molecular weight is 360 g/mol. The number of hydrogen-bond acceptors (Lipinski definition) is 5. The van der Waals surface area contributed by atoms with Crippen LogP contribution in [0.2, 0.25) is 0 Å². The molecule has 140 valence electrons. The van der Waals surface area contributed by atoms with Crippen LogP contribution < -0.4 is 10.1 Å². The molecule has 0 saturated heterocycles. The predicted octanol–water partition coefficient (Wildman–Crippen LogP) is 3.58. The number of urea groups is 1. The first kappa shape index (κ1) is 19.4. The van der Waals surface area contributed by atoms with Crippen molar-refractivity contribution in [2.45, 2.75) is 26.8 Å². The van der Waals surface area contributed by atoms with Crippen LogP contribution in [0.5, 0.6) is 5.75 Å². The van der Waals surface area contributed by atoms with Gasteiger partial charge in [-0.25, -0.2) is 4.79 Å². The fraction of sp³-hybridized carbons (Fsp3) is 0.368. The van der Waals surface area contributed by atoms with Gasteiger partial charge in [-0.1, -0.05) is 6.07 Å². The number of esters is 1. The molecule has 0 bridgehead atoms. The van der Waals surface area contributed by atoms with Crippen molar-refractivity contribution in [2.24, 2.45) is 0 Å². The topological polar surface area (TPSA) is 81.0 Å². The normalized spacial score (nSPS) is 10.3. The first-order valence-corrected chi connectivity index (χ1v) is 8.42. The van der Waals surface area contributed by atoms with Crippen LogP contribution in [0, 0.1) is 6.92 Å². The molecule has 2 amide bonds. The SMILES string of the molecule is CCOC(=O)CCN(Cc1ccco1)C(=O)Nc1cc(C)ccc1OC. The zero-order valence-corrected chi connectivity index (χ0v) is 15.3. The van der Waals surface area contributed by atoms with Crippen molar-refractivity contribution in [1.82, 2.24) is 4.90 Å². The summed E-state index contributed by atoms with van der Waals surface area (Å²) in [6.07, 6.45) is 1.65. The monoisotopic (exact) mass is 360 g/mol. The van der Waals surface area contributed by atoms with Crippen molar-refractivity contribution >= 4 is 17.7 Å². The highest BCUT2D eigenvalue weighted by molar-refractivity contribution is 5.91. The number of benzene rings is 1. The molecule has 2 aromatic rings. The van der Waals surface area contributed by atoms with Crippen LogP contribution in [0.25, 0.3) is 0 Å². The molecule has 0 aliphatic rings. The molecule has 0 aliphatic heterocycles. The van der Waals surface area contributed by atoms with E-state index in [0.717, 1.165) is 5.56 Å². The van der Waals surface area contributed by atoms with Crippen molar-refractivity contribution in [1.29, 1.82) is 0 Å². The fourth-order valence-corrected chi connectivity index (χ4v) is 2.42. The number of ether oxygens (including phenoxy) is 2. The van der Waals surface area contributed by atoms with Crippen molar-refractivity contribution in [3.05, 3.63) is 47.9 Å². The minimum absolute atomic E-state index is 0.104. The van der Waals surface area contributed by atoms with Crippen LogP contribution in [0.1, 0.15) is 24.7 Å². The second-order valence-electron chi connectivity index (χ2n) is 5.69. The Balaban J connectivity index is 2.11. The second kappa shape index (κ2) is 9.50. The van der Waals surface area contributed by atoms with Gasteiger partial charge in [0.2, 0.25) is 0 Å². The third-order valence-corrected chi connectivity index (χ3v) is 3.70. The number of aryl methyl sites for hydroxylation is 1. The maximum Gasteiger partial charge on any atom is 0.322 e. The van der Waals surface area contributed by atoms with Gasteiger partial charge in [-0.15, -0.1) is 0 Å². The summed E-state index contributed by atoms with van der Waals surface area (Å²) in [4.78, 5) is 25.9. The molecule has 1 aromatic heterocycles. The fourth-order valence-electron chi connectivity index (χ4n) is 2.42. The van der Waals surface area contributed by atoms with E-state index in [1.54, 1.807) is 38.5 Å². The van der Waals surface area contributed by atoms with E-state index in [0.29, 0.717) is 23.8 Å². The summed E-state index contributed by atoms with van der Waals surface area (Å²) >= 11 is 0. The summed E-state index contributed by atoms with van der Waals surface area (Å²) in [5.41, 5.74) is 1.56. The van der Waals surface area contributed by atoms with Gasteiger partial charge in [-0.3, -0.25) is 4.79 Å². The van der Waals surface area contributed by atoms with Crippen LogP contribution in [0.15, 0.2) is 41.0 Å². The molecule has 0 saturated carbocycles. The van der Waals surface area contributed by atoms with Gasteiger partial charge >= 0.3 is 12.0 Å². The molecule has 26 heavy (non-hydrogen) atoms. The maximum absolute atomic E-state index is 12.8. The molecule has 0 spiro atoms. The Labute approximate surface area is 152 Å². The molecule has 0 atom stereocenters. The van der Waals surface area contributed by atoms with E-state index < -0.39 is 0 Å². The lowest BCUT2D eigenvalue weighted by molar-refractivity contribution is -0.143. The third kappa shape index (κ3) is 5.54. The van der Waals surface area contributed by atoms with Crippen LogP contribution in [0.4, 0.5) is 10.5 Å². The Morgan fingerprint density at radius 3 is 2.73 bits per heavy atom. The van der Waals surface area contributed by atoms with E-state index >= 15 is 0 Å². The minimum Gasteiger partial charge on any atom is -0.495 e. The predicted molar refractivity (Wildman–Crippen MR) is 97.1 cm³/mol. The number of methoxy groups -OCH3 is 1. The van der Waals surface area contributed by atoms with E-state index in [4.69, 9.17) is 13.9 Å². The number of anilines is 1. The number of carbonyl (C=O) groups is 2. The summed E-state index contributed by atoms with van der Waals surface area (Å²) in [7, 11) is 1.54. The van der Waals surface area contributed by atoms with E-state index in [1.165, 1.54) is 4.90 Å². The molecule has 0 fully saturated rings. The minimum atomic E-state index is -0.352. The third-order valence-electron chi connectivity index (χ3n) is 3.70. The molecule has 0 radical (unpaired) electrons. The van der Waals surface area contributed by atoms with Crippen LogP contribution in [-0.2, 0) is 16.1 Å². The van der Waals surface area contributed by atoms with Gasteiger partial charge in [-0.2, -0.15) is 0 Å². The standard InChI is InChI=1S/C19H24N2O5/c1-4-25-18(22)9-10-21(13-15-6-5-11-26-15)19(23)20-16-12-14(2)7-8-17(16)24-3/h5-8,11-12H,4,9-10,13H2,1-3H3,(H,20,23). The Bertz CT molecular complexity index is 728. The first-order chi connectivity index (χ1) is 12.5. The lowest BCUT2D eigenvalue weighted by Gasteiger charge is -2.22. The highest BCUT2D eigenvalue weighted by atomic mass is 16.5. The second-order valence-corrected chi connectivity index (χ2v) is 5.69. The quantitative estimate of drug-likeness (QED) is 0.728. The van der Waals surface area contributed by atoms with Gasteiger partial charge in [0, 0.05) is 6.54 Å². The van der Waals surface area contributed by atoms with Crippen LogP contribution >= 0.6 is 0 Å². The number of hydrogen-bond donors (Lipinski definition) is 1. The molecule has 0 unspecified atom stereocenters. The molecular weight excluding hydrogens is 336 g/mol. The van der Waals surface area contributed by atoms with Crippen molar-refractivity contribution in [2.75, 3.05) is 25.6 Å². The first-order valence-electron chi connectivity index (χ1n) is 8.42. The molecule has 1 aromatic carbocycles. The number of furan rings is 1. The Hall–Kier alpha value is -2.96. The van der Waals surface area contributed by atoms with Crippen molar-refractivity contribution < 1.29 is 23.5 Å². The Morgan fingerprint density at radius 2 is 2.08 bits per heavy atom. The summed E-state index contributed by atoms with van der Waals surface area (Å²) in [5.74, 6) is 0.838. The van der Waals surface area contributed by atoms with Gasteiger partial charge in [0.25, 0.3) is 0 Å². The van der Waals surface area contributed by atoms with Crippen molar-refractivity contribution in [3.8, 4) is 5.75 Å². The number of carbonyl (C=O) groups excluding carboxylic acids is 2. The highest BCUT2D eigenvalue weighted by Gasteiger charge is 2.19. The zero-order valence-electron chi connectivity index (χ0n) is 15.3. The summed E-state index contributed by atoms with van der Waals surface area (Å²) < 4.78 is 15.5. The van der Waals surface area contributed by atoms with Gasteiger partial charge < -0.3 is 24.1 Å². The molecule has 2 rings (SSSR count). The molecule has 0 aliphatic carbocycles. The lowest BCUT2D eigenvalue weighted by Crippen LogP contribution is -2.36. The molecule has 1 N–H and O–H groups in total. The summed E-state index contributed by atoms with van der Waals surface area (Å²) in [6.45, 7) is 4.43. The lowest BCUT2D eigenvalue weighted by atomic mass is 10.2. The molecule has 7 heteroatoms. The van der Waals surface area contributed by atoms with Gasteiger partial charge in [0.15, 0.2) is 0 Å². The van der Waals surface area contributed by atoms with E-state index in [2.05, 4.69) is 5.32 Å². The van der Waals surface area contributed by atoms with Crippen molar-refractivity contribution in [3.63, 3.8) is 0 Å². The highest BCUT2D eigenvalue weighted by Crippen LogP contribution is 2.25. The van der Waals surface area contributed by atoms with E-state index in [1.807, 2.05) is 19.1 Å². The van der Waals surface area contributed by atoms with Gasteiger partial charge in [-0.05, 0) is 43.7 Å². The number of amides is 2. The Morgan fingerprint density at radius 1 is 1.27 bits per heavy atom. The van der Waals surface area contributed by atoms with E-state index in [9.17, 15) is 9.59 Å². The number of nitrogens with one attached hydrogen (secondary N) is 1. The number of rotatable bonds is 8. The molecule has 1 heterocycles. The largest absolute Gasteiger partial charge is 0.495 e. The van der Waals surface area contributed by atoms with Crippen LogP contribution in [0.3, 0.4) is 0 Å². The molecule has 7 nitrogen and oxygen atoms in total. The smallest absolute Gasteiger partial charge is 0.322 e.